The number of hydrogen-bond acceptors (Lipinski definition) is 1. The molecule has 2 aromatic carbocycles. The van der Waals surface area contributed by atoms with Crippen LogP contribution in [0.1, 0.15) is 16.7 Å². The highest BCUT2D eigenvalue weighted by atomic mass is 14.5. The molecule has 1 heteroatoms. The molecule has 1 nitrogen and oxygen atoms in total. The second-order valence-electron chi connectivity index (χ2n) is 4.29. The third-order valence-electron chi connectivity index (χ3n) is 3.06. The molecule has 0 unspecified atom stereocenters. The minimum absolute atomic E-state index is 0.725. The van der Waals surface area contributed by atoms with E-state index in [4.69, 9.17) is 5.73 Å². The van der Waals surface area contributed by atoms with Crippen LogP contribution < -0.4 is 5.73 Å². The average Bonchev–Trinajstić information content (AvgIpc) is 2.39. The number of benzene rings is 2. The third-order valence-corrected chi connectivity index (χ3v) is 3.06. The van der Waals surface area contributed by atoms with Crippen LogP contribution in [-0.4, -0.2) is 6.54 Å². The molecule has 0 spiro atoms. The minimum Gasteiger partial charge on any atom is -0.330 e. The van der Waals surface area contributed by atoms with Gasteiger partial charge in [0, 0.05) is 0 Å². The van der Waals surface area contributed by atoms with Crippen molar-refractivity contribution >= 4 is 0 Å². The summed E-state index contributed by atoms with van der Waals surface area (Å²) >= 11 is 0. The Bertz CT molecular complexity index is 448. The largest absolute Gasteiger partial charge is 0.330 e. The minimum atomic E-state index is 0.725. The molecule has 0 heterocycles. The van der Waals surface area contributed by atoms with Gasteiger partial charge in [-0.3, -0.25) is 0 Å². The zero-order chi connectivity index (χ0) is 11.9. The van der Waals surface area contributed by atoms with E-state index in [-0.39, 0.29) is 0 Å². The SMILES string of the molecule is NCCc1ccccc1CCc1ccccc1. The van der Waals surface area contributed by atoms with Crippen molar-refractivity contribution in [3.63, 3.8) is 0 Å². The second-order valence-corrected chi connectivity index (χ2v) is 4.29. The predicted octanol–water partition coefficient (Wildman–Crippen LogP) is 2.97. The maximum atomic E-state index is 5.64. The summed E-state index contributed by atoms with van der Waals surface area (Å²) in [5.74, 6) is 0. The molecule has 0 amide bonds. The van der Waals surface area contributed by atoms with E-state index in [1.54, 1.807) is 0 Å². The van der Waals surface area contributed by atoms with E-state index < -0.39 is 0 Å². The summed E-state index contributed by atoms with van der Waals surface area (Å²) in [4.78, 5) is 0. The molecule has 0 aliphatic heterocycles. The molecule has 0 fully saturated rings. The summed E-state index contributed by atoms with van der Waals surface area (Å²) < 4.78 is 0. The highest BCUT2D eigenvalue weighted by Crippen LogP contribution is 2.12. The van der Waals surface area contributed by atoms with Crippen molar-refractivity contribution in [2.24, 2.45) is 5.73 Å². The molecule has 0 aliphatic rings. The van der Waals surface area contributed by atoms with Crippen molar-refractivity contribution in [3.05, 3.63) is 71.3 Å². The lowest BCUT2D eigenvalue weighted by Crippen LogP contribution is -2.05. The van der Waals surface area contributed by atoms with Gasteiger partial charge in [0.25, 0.3) is 0 Å². The van der Waals surface area contributed by atoms with Gasteiger partial charge >= 0.3 is 0 Å². The Morgan fingerprint density at radius 2 is 1.24 bits per heavy atom. The first kappa shape index (κ1) is 11.9. The van der Waals surface area contributed by atoms with Crippen molar-refractivity contribution in [2.75, 3.05) is 6.54 Å². The first-order valence-electron chi connectivity index (χ1n) is 6.21. The van der Waals surface area contributed by atoms with Crippen LogP contribution in [0, 0.1) is 0 Å². The average molecular weight is 225 g/mol. The Morgan fingerprint density at radius 3 is 1.88 bits per heavy atom. The molecule has 17 heavy (non-hydrogen) atoms. The number of rotatable bonds is 5. The lowest BCUT2D eigenvalue weighted by atomic mass is 9.98. The normalized spacial score (nSPS) is 10.4. The van der Waals surface area contributed by atoms with Gasteiger partial charge in [0.1, 0.15) is 0 Å². The molecule has 0 aliphatic carbocycles. The van der Waals surface area contributed by atoms with Crippen LogP contribution in [0.25, 0.3) is 0 Å². The fraction of sp³-hybridized carbons (Fsp3) is 0.250. The second kappa shape index (κ2) is 6.21. The van der Waals surface area contributed by atoms with E-state index in [0.29, 0.717) is 0 Å². The Morgan fingerprint density at radius 1 is 0.647 bits per heavy atom. The molecule has 2 N–H and O–H groups in total. The van der Waals surface area contributed by atoms with Crippen molar-refractivity contribution in [1.82, 2.24) is 0 Å². The lowest BCUT2D eigenvalue weighted by molar-refractivity contribution is 0.900. The van der Waals surface area contributed by atoms with E-state index in [2.05, 4.69) is 54.6 Å². The summed E-state index contributed by atoms with van der Waals surface area (Å²) in [5.41, 5.74) is 9.86. The Labute approximate surface area is 103 Å². The molecular weight excluding hydrogens is 206 g/mol. The molecule has 0 aromatic heterocycles. The summed E-state index contributed by atoms with van der Waals surface area (Å²) in [7, 11) is 0. The van der Waals surface area contributed by atoms with Gasteiger partial charge in [0.15, 0.2) is 0 Å². The summed E-state index contributed by atoms with van der Waals surface area (Å²) in [6, 6.07) is 19.2. The van der Waals surface area contributed by atoms with Gasteiger partial charge < -0.3 is 5.73 Å². The lowest BCUT2D eigenvalue weighted by Gasteiger charge is -2.08. The monoisotopic (exact) mass is 225 g/mol. The molecule has 2 aromatic rings. The van der Waals surface area contributed by atoms with Crippen LogP contribution in [0.5, 0.6) is 0 Å². The maximum Gasteiger partial charge on any atom is -0.00366 e. The van der Waals surface area contributed by atoms with Crippen molar-refractivity contribution in [2.45, 2.75) is 19.3 Å². The van der Waals surface area contributed by atoms with Crippen LogP contribution in [0.2, 0.25) is 0 Å². The Kier molecular flexibility index (Phi) is 4.34. The smallest absolute Gasteiger partial charge is 0.00366 e. The molecule has 2 rings (SSSR count). The van der Waals surface area contributed by atoms with E-state index in [1.807, 2.05) is 0 Å². The molecule has 0 radical (unpaired) electrons. The van der Waals surface area contributed by atoms with Gasteiger partial charge in [0.05, 0.1) is 0 Å². The van der Waals surface area contributed by atoms with Crippen LogP contribution in [0.4, 0.5) is 0 Å². The fourth-order valence-electron chi connectivity index (χ4n) is 2.12. The van der Waals surface area contributed by atoms with Gasteiger partial charge in [-0.1, -0.05) is 54.6 Å². The van der Waals surface area contributed by atoms with Gasteiger partial charge in [0.2, 0.25) is 0 Å². The molecular formula is C16H19N. The van der Waals surface area contributed by atoms with Crippen molar-refractivity contribution in [3.8, 4) is 0 Å². The van der Waals surface area contributed by atoms with Crippen molar-refractivity contribution < 1.29 is 0 Å². The zero-order valence-corrected chi connectivity index (χ0v) is 10.1. The summed E-state index contributed by atoms with van der Waals surface area (Å²) in [6.07, 6.45) is 3.17. The van der Waals surface area contributed by atoms with Crippen LogP contribution >= 0.6 is 0 Å². The maximum absolute atomic E-state index is 5.64. The van der Waals surface area contributed by atoms with Crippen LogP contribution in [0.15, 0.2) is 54.6 Å². The number of hydrogen-bond donors (Lipinski definition) is 1. The van der Waals surface area contributed by atoms with E-state index >= 15 is 0 Å². The van der Waals surface area contributed by atoms with E-state index in [1.165, 1.54) is 16.7 Å². The standard InChI is InChI=1S/C16H19N/c17-13-12-16-9-5-4-8-15(16)11-10-14-6-2-1-3-7-14/h1-9H,10-13,17H2. The molecule has 0 saturated heterocycles. The van der Waals surface area contributed by atoms with Gasteiger partial charge in [-0.15, -0.1) is 0 Å². The summed E-state index contributed by atoms with van der Waals surface area (Å²) in [5, 5.41) is 0. The first-order valence-corrected chi connectivity index (χ1v) is 6.21. The fourth-order valence-corrected chi connectivity index (χ4v) is 2.12. The quantitative estimate of drug-likeness (QED) is 0.831. The highest BCUT2D eigenvalue weighted by molar-refractivity contribution is 5.29. The van der Waals surface area contributed by atoms with Gasteiger partial charge in [-0.25, -0.2) is 0 Å². The molecule has 0 atom stereocenters. The predicted molar refractivity (Wildman–Crippen MR) is 73.1 cm³/mol. The Balaban J connectivity index is 2.03. The topological polar surface area (TPSA) is 26.0 Å². The Hall–Kier alpha value is -1.60. The van der Waals surface area contributed by atoms with E-state index in [0.717, 1.165) is 25.8 Å². The van der Waals surface area contributed by atoms with Gasteiger partial charge in [-0.2, -0.15) is 0 Å². The third kappa shape index (κ3) is 3.43. The van der Waals surface area contributed by atoms with Crippen LogP contribution in [-0.2, 0) is 19.3 Å². The zero-order valence-electron chi connectivity index (χ0n) is 10.1. The van der Waals surface area contributed by atoms with E-state index in [9.17, 15) is 0 Å². The van der Waals surface area contributed by atoms with Crippen LogP contribution in [0.3, 0.4) is 0 Å². The molecule has 0 bridgehead atoms. The molecule has 0 saturated carbocycles. The summed E-state index contributed by atoms with van der Waals surface area (Å²) in [6.45, 7) is 0.725. The van der Waals surface area contributed by atoms with Crippen molar-refractivity contribution in [1.29, 1.82) is 0 Å². The first-order chi connectivity index (χ1) is 8.40. The van der Waals surface area contributed by atoms with Gasteiger partial charge in [-0.05, 0) is 42.5 Å². The highest BCUT2D eigenvalue weighted by Gasteiger charge is 2.01. The molecule has 88 valence electrons. The number of nitrogens with two attached hydrogens (primary N) is 1. The number of aryl methyl sites for hydroxylation is 2.